The molecule has 0 aromatic heterocycles. The fourth-order valence-corrected chi connectivity index (χ4v) is 1.11. The molecule has 0 atom stereocenters. The summed E-state index contributed by atoms with van der Waals surface area (Å²) in [6.45, 7) is 15.6. The Morgan fingerprint density at radius 2 is 1.75 bits per heavy atom. The number of hydrogen-bond donors (Lipinski definition) is 0. The predicted octanol–water partition coefficient (Wildman–Crippen LogP) is 1.38. The summed E-state index contributed by atoms with van der Waals surface area (Å²) in [5, 5.41) is 1.40. The van der Waals surface area contributed by atoms with Gasteiger partial charge in [0, 0.05) is 32.7 Å². The number of rotatable bonds is 1. The third kappa shape index (κ3) is 2.53. The van der Waals surface area contributed by atoms with Gasteiger partial charge in [0.1, 0.15) is 0 Å². The molecule has 0 heterocycles. The second-order valence-corrected chi connectivity index (χ2v) is 3.00. The van der Waals surface area contributed by atoms with Gasteiger partial charge < -0.3 is 10.4 Å². The van der Waals surface area contributed by atoms with Crippen LogP contribution in [0.25, 0.3) is 13.2 Å². The van der Waals surface area contributed by atoms with Crippen LogP contribution in [0.3, 0.4) is 0 Å². The maximum atomic E-state index is 5.76. The molecular weight excluding hydrogens is 221 g/mol. The SMILES string of the molecule is [CH-]=c1cccc(C(C)C)c1=[CH-].[Y]. The molecule has 1 radical (unpaired) electrons. The van der Waals surface area contributed by atoms with Crippen LogP contribution in [-0.2, 0) is 32.7 Å². The average Bonchev–Trinajstić information content (AvgIpc) is 1.94. The molecule has 61 valence electrons. The Morgan fingerprint density at radius 3 is 2.17 bits per heavy atom. The molecule has 0 bridgehead atoms. The van der Waals surface area contributed by atoms with E-state index in [0.29, 0.717) is 11.1 Å². The van der Waals surface area contributed by atoms with E-state index in [9.17, 15) is 0 Å². The Morgan fingerprint density at radius 1 is 1.17 bits per heavy atom. The Kier molecular flexibility index (Phi) is 4.96. The molecule has 1 aromatic carbocycles. The van der Waals surface area contributed by atoms with Gasteiger partial charge >= 0.3 is 0 Å². The molecule has 1 rings (SSSR count). The van der Waals surface area contributed by atoms with E-state index in [4.69, 9.17) is 13.2 Å². The van der Waals surface area contributed by atoms with Crippen LogP contribution < -0.4 is 10.4 Å². The zero-order valence-corrected chi connectivity index (χ0v) is 10.4. The summed E-state index contributed by atoms with van der Waals surface area (Å²) in [6, 6.07) is 5.76. The van der Waals surface area contributed by atoms with Crippen LogP contribution in [0.4, 0.5) is 0 Å². The average molecular weight is 233 g/mol. The maximum Gasteiger partial charge on any atom is 0 e. The van der Waals surface area contributed by atoms with Gasteiger partial charge in [-0.2, -0.15) is 0 Å². The van der Waals surface area contributed by atoms with Crippen molar-refractivity contribution < 1.29 is 32.7 Å². The van der Waals surface area contributed by atoms with Crippen LogP contribution in [0.2, 0.25) is 0 Å². The van der Waals surface area contributed by atoms with Crippen molar-refractivity contribution >= 4 is 13.2 Å². The molecule has 0 N–H and O–H groups in total. The van der Waals surface area contributed by atoms with Gasteiger partial charge in [0.15, 0.2) is 0 Å². The first-order chi connectivity index (χ1) is 5.13. The fraction of sp³-hybridized carbons (Fsp3) is 0.273. The smallest absolute Gasteiger partial charge is 0 e. The van der Waals surface area contributed by atoms with E-state index in [-0.39, 0.29) is 32.7 Å². The van der Waals surface area contributed by atoms with Crippen molar-refractivity contribution in [3.05, 3.63) is 34.2 Å². The minimum absolute atomic E-state index is 0. The van der Waals surface area contributed by atoms with E-state index < -0.39 is 0 Å². The van der Waals surface area contributed by atoms with Gasteiger partial charge in [-0.15, -0.1) is 12.1 Å². The molecule has 12 heavy (non-hydrogen) atoms. The third-order valence-electron chi connectivity index (χ3n) is 1.80. The quantitative estimate of drug-likeness (QED) is 0.643. The summed E-state index contributed by atoms with van der Waals surface area (Å²) in [7, 11) is 0. The molecule has 0 amide bonds. The molecule has 0 saturated carbocycles. The van der Waals surface area contributed by atoms with Crippen LogP contribution in [0.1, 0.15) is 25.3 Å². The molecule has 0 aliphatic heterocycles. The van der Waals surface area contributed by atoms with Crippen LogP contribution in [0.5, 0.6) is 0 Å². The Hall–Kier alpha value is 0.0639. The molecule has 0 aliphatic carbocycles. The number of hydrogen-bond acceptors (Lipinski definition) is 0. The summed E-state index contributed by atoms with van der Waals surface area (Å²) in [5.41, 5.74) is 1.13. The van der Waals surface area contributed by atoms with Crippen molar-refractivity contribution in [2.45, 2.75) is 19.8 Å². The summed E-state index contributed by atoms with van der Waals surface area (Å²) in [5.74, 6) is 0.443. The van der Waals surface area contributed by atoms with Crippen LogP contribution >= 0.6 is 0 Å². The van der Waals surface area contributed by atoms with E-state index in [1.54, 1.807) is 0 Å². The third-order valence-corrected chi connectivity index (χ3v) is 1.80. The van der Waals surface area contributed by atoms with E-state index in [0.717, 1.165) is 10.8 Å². The van der Waals surface area contributed by atoms with Crippen LogP contribution in [0.15, 0.2) is 18.2 Å². The van der Waals surface area contributed by atoms with Gasteiger partial charge in [0.05, 0.1) is 0 Å². The van der Waals surface area contributed by atoms with Crippen molar-refractivity contribution in [3.63, 3.8) is 0 Å². The van der Waals surface area contributed by atoms with Gasteiger partial charge in [-0.1, -0.05) is 19.8 Å². The van der Waals surface area contributed by atoms with Gasteiger partial charge in [0.25, 0.3) is 0 Å². The first kappa shape index (κ1) is 12.1. The normalized spacial score (nSPS) is 9.58. The van der Waals surface area contributed by atoms with Crippen molar-refractivity contribution in [2.75, 3.05) is 0 Å². The summed E-state index contributed by atoms with van der Waals surface area (Å²) >= 11 is 0. The zero-order chi connectivity index (χ0) is 8.43. The molecule has 0 fully saturated rings. The van der Waals surface area contributed by atoms with Gasteiger partial charge in [0.2, 0.25) is 0 Å². The van der Waals surface area contributed by atoms with E-state index in [2.05, 4.69) is 13.8 Å². The van der Waals surface area contributed by atoms with E-state index >= 15 is 0 Å². The summed E-state index contributed by atoms with van der Waals surface area (Å²) in [6.07, 6.45) is 0. The minimum Gasteiger partial charge on any atom is -0.305 e. The summed E-state index contributed by atoms with van der Waals surface area (Å²) < 4.78 is 0. The maximum absolute atomic E-state index is 5.76. The van der Waals surface area contributed by atoms with Crippen molar-refractivity contribution in [1.29, 1.82) is 0 Å². The molecule has 0 unspecified atom stereocenters. The minimum atomic E-state index is 0. The molecule has 0 nitrogen and oxygen atoms in total. The summed E-state index contributed by atoms with van der Waals surface area (Å²) in [4.78, 5) is 0. The van der Waals surface area contributed by atoms with Gasteiger partial charge in [-0.25, -0.2) is 11.6 Å². The van der Waals surface area contributed by atoms with E-state index in [1.807, 2.05) is 18.2 Å². The predicted molar refractivity (Wildman–Crippen MR) is 48.7 cm³/mol. The molecule has 0 spiro atoms. The van der Waals surface area contributed by atoms with Gasteiger partial charge in [-0.3, -0.25) is 13.2 Å². The first-order valence-electron chi connectivity index (χ1n) is 3.76. The largest absolute Gasteiger partial charge is 0.305 e. The molecule has 0 aliphatic rings. The second-order valence-electron chi connectivity index (χ2n) is 3.00. The van der Waals surface area contributed by atoms with Crippen molar-refractivity contribution in [1.82, 2.24) is 0 Å². The Bertz CT molecular complexity index is 339. The van der Waals surface area contributed by atoms with Crippen molar-refractivity contribution in [2.24, 2.45) is 0 Å². The van der Waals surface area contributed by atoms with Crippen molar-refractivity contribution in [3.8, 4) is 0 Å². The zero-order valence-electron chi connectivity index (χ0n) is 7.54. The fourth-order valence-electron chi connectivity index (χ4n) is 1.11. The molecule has 1 heteroatoms. The Labute approximate surface area is 99.3 Å². The van der Waals surface area contributed by atoms with Crippen LogP contribution in [-0.4, -0.2) is 0 Å². The van der Waals surface area contributed by atoms with Gasteiger partial charge in [-0.05, 0) is 0 Å². The second kappa shape index (κ2) is 4.94. The first-order valence-corrected chi connectivity index (χ1v) is 3.76. The topological polar surface area (TPSA) is 0 Å². The van der Waals surface area contributed by atoms with Crippen LogP contribution in [0, 0.1) is 0 Å². The molecule has 0 saturated heterocycles. The Balaban J connectivity index is 0.00000121. The molecular formula is C11H12Y-2. The molecule has 1 aromatic rings. The monoisotopic (exact) mass is 233 g/mol. The standard InChI is InChI=1S/C11H12.Y/c1-8(2)11-7-5-6-9(3)10(11)4;/h3-8H,1-2H3;/q-2;. The number of benzene rings is 1. The van der Waals surface area contributed by atoms with E-state index in [1.165, 1.54) is 0 Å².